The molecule has 10 nitrogen and oxygen atoms in total. The Morgan fingerprint density at radius 2 is 1.86 bits per heavy atom. The Labute approximate surface area is 218 Å². The normalized spacial score (nSPS) is 12.5. The number of aromatic nitrogens is 2. The average molecular weight is 527 g/mol. The van der Waals surface area contributed by atoms with Gasteiger partial charge in [0, 0.05) is 30.5 Å². The van der Waals surface area contributed by atoms with Gasteiger partial charge in [0.15, 0.2) is 0 Å². The Kier molecular flexibility index (Phi) is 9.70. The fourth-order valence-corrected chi connectivity index (χ4v) is 4.41. The third-order valence-corrected chi connectivity index (χ3v) is 6.62. The summed E-state index contributed by atoms with van der Waals surface area (Å²) < 4.78 is 25.7. The maximum absolute atomic E-state index is 13.0. The van der Waals surface area contributed by atoms with Gasteiger partial charge in [-0.1, -0.05) is 18.2 Å². The van der Waals surface area contributed by atoms with Crippen molar-refractivity contribution < 1.29 is 18.5 Å². The summed E-state index contributed by atoms with van der Waals surface area (Å²) in [7, 11) is 0.905. The maximum atomic E-state index is 13.0. The Morgan fingerprint density at radius 3 is 2.54 bits per heavy atom. The Bertz CT molecular complexity index is 1300. The van der Waals surface area contributed by atoms with Gasteiger partial charge in [0.2, 0.25) is 5.95 Å². The van der Waals surface area contributed by atoms with Crippen LogP contribution in [0.1, 0.15) is 13.8 Å². The number of carbonyl (C=O) groups is 1. The number of ether oxygens (including phenoxy) is 2. The smallest absolute Gasteiger partial charge is 0.418 e. The molecule has 3 aromatic rings. The Morgan fingerprint density at radius 1 is 1.11 bits per heavy atom. The number of anilines is 3. The maximum Gasteiger partial charge on any atom is 0.418 e. The van der Waals surface area contributed by atoms with Crippen molar-refractivity contribution in [2.24, 2.45) is 0 Å². The molecule has 0 aliphatic carbocycles. The largest absolute Gasteiger partial charge is 0.494 e. The van der Waals surface area contributed by atoms with Crippen LogP contribution in [0, 0.1) is 0 Å². The second-order valence-corrected chi connectivity index (χ2v) is 10.3. The van der Waals surface area contributed by atoms with Crippen LogP contribution in [0.5, 0.6) is 5.75 Å². The summed E-state index contributed by atoms with van der Waals surface area (Å²) in [4.78, 5) is 23.4. The highest BCUT2D eigenvalue weighted by Gasteiger charge is 2.14. The first-order valence-corrected chi connectivity index (χ1v) is 13.6. The molecule has 0 aliphatic rings. The topological polar surface area (TPSA) is 118 Å². The number of amides is 1. The minimum atomic E-state index is -3.11. The van der Waals surface area contributed by atoms with Gasteiger partial charge >= 0.3 is 6.09 Å². The summed E-state index contributed by atoms with van der Waals surface area (Å²) in [5.41, 5.74) is 2.39. The molecular formula is C26H34N6O4S. The molecule has 37 heavy (non-hydrogen) atoms. The van der Waals surface area contributed by atoms with Crippen molar-refractivity contribution in [2.45, 2.75) is 18.7 Å². The van der Waals surface area contributed by atoms with E-state index in [9.17, 15) is 9.00 Å². The van der Waals surface area contributed by atoms with Crippen LogP contribution in [0.25, 0.3) is 11.1 Å². The molecule has 198 valence electrons. The van der Waals surface area contributed by atoms with Crippen molar-refractivity contribution in [3.05, 3.63) is 54.7 Å². The summed E-state index contributed by atoms with van der Waals surface area (Å²) in [6, 6.07) is 14.5. The van der Waals surface area contributed by atoms with E-state index in [1.165, 1.54) is 0 Å². The lowest BCUT2D eigenvalue weighted by atomic mass is 10.1. The fourth-order valence-electron chi connectivity index (χ4n) is 3.35. The number of hydrogen-bond donors (Lipinski definition) is 3. The minimum Gasteiger partial charge on any atom is -0.494 e. The molecule has 0 radical (unpaired) electrons. The van der Waals surface area contributed by atoms with Crippen LogP contribution in [0.15, 0.2) is 59.6 Å². The van der Waals surface area contributed by atoms with Crippen LogP contribution in [0.2, 0.25) is 0 Å². The molecule has 3 N–H and O–H groups in total. The van der Waals surface area contributed by atoms with Gasteiger partial charge in [-0.25, -0.2) is 18.7 Å². The SMILES string of the molecule is C=S(=O)(NC(=O)OCC)c1cccc(Nc2ncc(-c3ccc(OCC)cc3)c(NCCN(C)C)n2)c1. The van der Waals surface area contributed by atoms with E-state index in [-0.39, 0.29) is 6.61 Å². The number of rotatable bonds is 12. The highest BCUT2D eigenvalue weighted by Crippen LogP contribution is 2.29. The van der Waals surface area contributed by atoms with Crippen molar-refractivity contribution in [1.82, 2.24) is 19.6 Å². The molecule has 1 heterocycles. The first-order valence-electron chi connectivity index (χ1n) is 11.9. The van der Waals surface area contributed by atoms with Crippen LogP contribution < -0.4 is 20.1 Å². The number of carbonyl (C=O) groups excluding carboxylic acids is 1. The zero-order valence-corrected chi connectivity index (χ0v) is 22.4. The molecule has 11 heteroatoms. The zero-order chi connectivity index (χ0) is 26.8. The van der Waals surface area contributed by atoms with Gasteiger partial charge in [0.25, 0.3) is 0 Å². The van der Waals surface area contributed by atoms with E-state index in [0.29, 0.717) is 35.5 Å². The quantitative estimate of drug-likeness (QED) is 0.301. The number of benzene rings is 2. The van der Waals surface area contributed by atoms with Gasteiger partial charge in [-0.3, -0.25) is 0 Å². The van der Waals surface area contributed by atoms with E-state index in [0.717, 1.165) is 23.4 Å². The van der Waals surface area contributed by atoms with Crippen molar-refractivity contribution >= 4 is 39.1 Å². The van der Waals surface area contributed by atoms with Gasteiger partial charge in [0.1, 0.15) is 11.6 Å². The second-order valence-electron chi connectivity index (χ2n) is 8.29. The molecular weight excluding hydrogens is 492 g/mol. The monoisotopic (exact) mass is 526 g/mol. The van der Waals surface area contributed by atoms with Crippen molar-refractivity contribution in [3.8, 4) is 16.9 Å². The summed E-state index contributed by atoms with van der Waals surface area (Å²) in [6.07, 6.45) is 0.960. The molecule has 0 saturated heterocycles. The van der Waals surface area contributed by atoms with Crippen LogP contribution in [0.4, 0.5) is 22.2 Å². The van der Waals surface area contributed by atoms with Gasteiger partial charge < -0.3 is 25.0 Å². The lowest BCUT2D eigenvalue weighted by Crippen LogP contribution is -2.31. The Hall–Kier alpha value is -3.83. The number of hydrogen-bond acceptors (Lipinski definition) is 9. The molecule has 3 rings (SSSR count). The molecule has 1 unspecified atom stereocenters. The molecule has 0 aliphatic heterocycles. The standard InChI is InChI=1S/C26H34N6O4S/c1-6-35-21-13-11-19(12-14-21)23-18-28-25(30-24(23)27-15-16-32(3)4)29-20-9-8-10-22(17-20)37(5,34)31-26(33)36-7-2/h8-14,17-18H,5-7,15-16H2,1-4H3,(H,31,33,34)(H2,27,28,29,30). The Balaban J connectivity index is 1.86. The second kappa shape index (κ2) is 12.9. The van der Waals surface area contributed by atoms with E-state index < -0.39 is 15.8 Å². The van der Waals surface area contributed by atoms with Crippen LogP contribution in [-0.2, 0) is 14.4 Å². The zero-order valence-electron chi connectivity index (χ0n) is 21.6. The van der Waals surface area contributed by atoms with Crippen LogP contribution >= 0.6 is 0 Å². The van der Waals surface area contributed by atoms with Gasteiger partial charge in [-0.15, -0.1) is 0 Å². The highest BCUT2D eigenvalue weighted by atomic mass is 32.2. The van der Waals surface area contributed by atoms with E-state index in [4.69, 9.17) is 14.5 Å². The molecule has 1 atom stereocenters. The van der Waals surface area contributed by atoms with Gasteiger partial charge in [-0.05, 0) is 69.7 Å². The third kappa shape index (κ3) is 8.09. The van der Waals surface area contributed by atoms with E-state index in [1.807, 2.05) is 45.3 Å². The summed E-state index contributed by atoms with van der Waals surface area (Å²) >= 11 is 0. The van der Waals surface area contributed by atoms with E-state index >= 15 is 0 Å². The van der Waals surface area contributed by atoms with Crippen molar-refractivity contribution in [1.29, 1.82) is 0 Å². The highest BCUT2D eigenvalue weighted by molar-refractivity contribution is 7.99. The number of nitrogens with zero attached hydrogens (tertiary/aromatic N) is 3. The van der Waals surface area contributed by atoms with Crippen molar-refractivity contribution in [2.75, 3.05) is 51.0 Å². The van der Waals surface area contributed by atoms with Crippen LogP contribution in [0.3, 0.4) is 0 Å². The van der Waals surface area contributed by atoms with E-state index in [1.54, 1.807) is 37.4 Å². The predicted octanol–water partition coefficient (Wildman–Crippen LogP) is 4.00. The molecule has 1 amide bonds. The number of likely N-dealkylation sites (N-methyl/N-ethyl adjacent to an activating group) is 1. The number of nitrogens with one attached hydrogen (secondary N) is 3. The summed E-state index contributed by atoms with van der Waals surface area (Å²) in [6.45, 7) is 5.89. The minimum absolute atomic E-state index is 0.165. The molecule has 0 saturated carbocycles. The molecule has 0 spiro atoms. The predicted molar refractivity (Wildman–Crippen MR) is 149 cm³/mol. The first kappa shape index (κ1) is 27.8. The van der Waals surface area contributed by atoms with Gasteiger partial charge in [0.05, 0.1) is 27.8 Å². The summed E-state index contributed by atoms with van der Waals surface area (Å²) in [5, 5.41) is 6.55. The van der Waals surface area contributed by atoms with Crippen molar-refractivity contribution in [3.63, 3.8) is 0 Å². The lowest BCUT2D eigenvalue weighted by molar-refractivity contribution is 0.159. The third-order valence-electron chi connectivity index (χ3n) is 5.11. The molecule has 0 fully saturated rings. The average Bonchev–Trinajstić information content (AvgIpc) is 2.85. The van der Waals surface area contributed by atoms with Gasteiger partial charge in [-0.2, -0.15) is 4.98 Å². The molecule has 2 aromatic carbocycles. The molecule has 1 aromatic heterocycles. The fraction of sp³-hybridized carbons (Fsp3) is 0.308. The first-order chi connectivity index (χ1) is 17.7. The molecule has 0 bridgehead atoms. The van der Waals surface area contributed by atoms with Crippen LogP contribution in [-0.4, -0.2) is 71.4 Å². The van der Waals surface area contributed by atoms with E-state index in [2.05, 4.69) is 31.1 Å². The lowest BCUT2D eigenvalue weighted by Gasteiger charge is -2.16. The summed E-state index contributed by atoms with van der Waals surface area (Å²) in [5.74, 6) is 5.49.